The number of hydrogen-bond donors (Lipinski definition) is 0. The number of carbonyl (C=O) groups is 2. The average Bonchev–Trinajstić information content (AvgIpc) is 2.69. The molecule has 0 saturated carbocycles. The molecular weight excluding hydrogens is 379 g/mol. The van der Waals surface area contributed by atoms with Gasteiger partial charge in [-0.2, -0.15) is 0 Å². The fourth-order valence-electron chi connectivity index (χ4n) is 3.34. The number of methoxy groups -OCH3 is 2. The lowest BCUT2D eigenvalue weighted by molar-refractivity contribution is -0.148. The van der Waals surface area contributed by atoms with E-state index in [4.69, 9.17) is 14.2 Å². The first kappa shape index (κ1) is 24.1. The molecule has 0 aliphatic rings. The fourth-order valence-corrected chi connectivity index (χ4v) is 4.01. The standard InChI is InChI=1S/C21H31O6P/c1-7-8-9-13-27-20(23)21(4,28-24)18(14(2)3)19(22)17-15(25-5)11-10-12-16(17)26-6/h10-12,14,18H,7-9,13H2,1-6H3. The second-order valence-corrected chi connectivity index (χ2v) is 8.32. The van der Waals surface area contributed by atoms with E-state index in [1.807, 2.05) is 13.8 Å². The van der Waals surface area contributed by atoms with Crippen LogP contribution in [0.2, 0.25) is 0 Å². The van der Waals surface area contributed by atoms with Crippen LogP contribution in [0.5, 0.6) is 11.5 Å². The lowest BCUT2D eigenvalue weighted by atomic mass is 9.77. The van der Waals surface area contributed by atoms with Crippen LogP contribution in [-0.2, 0) is 14.1 Å². The molecule has 6 nitrogen and oxygen atoms in total. The van der Waals surface area contributed by atoms with Crippen LogP contribution in [0.1, 0.15) is 57.3 Å². The van der Waals surface area contributed by atoms with Gasteiger partial charge in [0.2, 0.25) is 0 Å². The van der Waals surface area contributed by atoms with E-state index in [2.05, 4.69) is 6.92 Å². The predicted octanol–water partition coefficient (Wildman–Crippen LogP) is 4.94. The molecule has 0 saturated heterocycles. The number of unbranched alkanes of at least 4 members (excludes halogenated alkanes) is 2. The SMILES string of the molecule is CCCCCOC(=O)C(C)(P=O)C(C(=O)c1c(OC)cccc1OC)C(C)C. The molecule has 7 heteroatoms. The van der Waals surface area contributed by atoms with Crippen LogP contribution in [0.25, 0.3) is 0 Å². The van der Waals surface area contributed by atoms with Crippen LogP contribution in [0, 0.1) is 11.8 Å². The molecule has 28 heavy (non-hydrogen) atoms. The zero-order valence-corrected chi connectivity index (χ0v) is 18.5. The lowest BCUT2D eigenvalue weighted by Crippen LogP contribution is -2.46. The van der Waals surface area contributed by atoms with E-state index < -0.39 is 25.5 Å². The minimum absolute atomic E-state index is 0.236. The van der Waals surface area contributed by atoms with Crippen molar-refractivity contribution in [2.75, 3.05) is 20.8 Å². The number of benzene rings is 1. The van der Waals surface area contributed by atoms with Crippen molar-refractivity contribution < 1.29 is 28.4 Å². The molecule has 0 amide bonds. The third kappa shape index (κ3) is 5.32. The Hall–Kier alpha value is -1.94. The third-order valence-electron chi connectivity index (χ3n) is 4.81. The molecule has 1 aromatic rings. The van der Waals surface area contributed by atoms with Gasteiger partial charge in [-0.1, -0.05) is 39.7 Å². The summed E-state index contributed by atoms with van der Waals surface area (Å²) in [6.07, 6.45) is 2.66. The van der Waals surface area contributed by atoms with Crippen molar-refractivity contribution in [2.45, 2.75) is 52.1 Å². The van der Waals surface area contributed by atoms with Crippen molar-refractivity contribution >= 4 is 20.2 Å². The highest BCUT2D eigenvalue weighted by molar-refractivity contribution is 7.27. The maximum Gasteiger partial charge on any atom is 0.324 e. The van der Waals surface area contributed by atoms with Gasteiger partial charge in [0.25, 0.3) is 0 Å². The van der Waals surface area contributed by atoms with E-state index in [1.165, 1.54) is 21.1 Å². The Bertz CT molecular complexity index is 665. The highest BCUT2D eigenvalue weighted by Gasteiger charge is 2.50. The molecule has 0 fully saturated rings. The molecule has 0 bridgehead atoms. The van der Waals surface area contributed by atoms with Gasteiger partial charge >= 0.3 is 5.97 Å². The quantitative estimate of drug-likeness (QED) is 0.210. The summed E-state index contributed by atoms with van der Waals surface area (Å²) < 4.78 is 28.2. The number of Topliss-reactive ketones (excluding diaryl/α,β-unsaturated/α-hetero) is 1. The van der Waals surface area contributed by atoms with Crippen molar-refractivity contribution in [1.82, 2.24) is 0 Å². The Labute approximate surface area is 169 Å². The molecular formula is C21H31O6P. The number of rotatable bonds is 12. The summed E-state index contributed by atoms with van der Waals surface area (Å²) in [7, 11) is 2.46. The Morgan fingerprint density at radius 2 is 1.68 bits per heavy atom. The van der Waals surface area contributed by atoms with Gasteiger partial charge in [-0.05, 0) is 31.4 Å². The van der Waals surface area contributed by atoms with Crippen LogP contribution >= 0.6 is 8.46 Å². The molecule has 0 aromatic heterocycles. The van der Waals surface area contributed by atoms with Gasteiger partial charge in [0.15, 0.2) is 19.4 Å². The molecule has 156 valence electrons. The van der Waals surface area contributed by atoms with Crippen molar-refractivity contribution in [3.05, 3.63) is 23.8 Å². The van der Waals surface area contributed by atoms with Crippen molar-refractivity contribution in [1.29, 1.82) is 0 Å². The highest BCUT2D eigenvalue weighted by atomic mass is 31.1. The van der Waals surface area contributed by atoms with Gasteiger partial charge in [-0.25, -0.2) is 0 Å². The van der Waals surface area contributed by atoms with Crippen LogP contribution in [0.15, 0.2) is 18.2 Å². The minimum Gasteiger partial charge on any atom is -0.496 e. The molecule has 0 N–H and O–H groups in total. The first-order valence-corrected chi connectivity index (χ1v) is 10.4. The zero-order valence-electron chi connectivity index (χ0n) is 17.6. The Morgan fingerprint density at radius 3 is 2.11 bits per heavy atom. The van der Waals surface area contributed by atoms with Crippen LogP contribution in [0.3, 0.4) is 0 Å². The van der Waals surface area contributed by atoms with Crippen molar-refractivity contribution in [3.63, 3.8) is 0 Å². The Balaban J connectivity index is 3.33. The number of hydrogen-bond acceptors (Lipinski definition) is 6. The molecule has 0 aliphatic heterocycles. The third-order valence-corrected chi connectivity index (χ3v) is 5.65. The van der Waals surface area contributed by atoms with E-state index in [0.29, 0.717) is 11.5 Å². The average molecular weight is 410 g/mol. The molecule has 0 spiro atoms. The Morgan fingerprint density at radius 1 is 1.11 bits per heavy atom. The van der Waals surface area contributed by atoms with E-state index in [9.17, 15) is 14.2 Å². The smallest absolute Gasteiger partial charge is 0.324 e. The molecule has 0 heterocycles. The summed E-state index contributed by atoms with van der Waals surface area (Å²) in [5, 5.41) is -1.51. The topological polar surface area (TPSA) is 78.9 Å². The second-order valence-electron chi connectivity index (χ2n) is 7.21. The second kappa shape index (κ2) is 11.2. The highest BCUT2D eigenvalue weighted by Crippen LogP contribution is 2.42. The van der Waals surface area contributed by atoms with E-state index in [-0.39, 0.29) is 23.9 Å². The first-order chi connectivity index (χ1) is 13.3. The van der Waals surface area contributed by atoms with Gasteiger partial charge in [-0.15, -0.1) is 0 Å². The van der Waals surface area contributed by atoms with E-state index in [1.54, 1.807) is 18.2 Å². The van der Waals surface area contributed by atoms with Gasteiger partial charge in [-0.3, -0.25) is 14.2 Å². The predicted molar refractivity (Wildman–Crippen MR) is 109 cm³/mol. The molecule has 1 rings (SSSR count). The van der Waals surface area contributed by atoms with E-state index >= 15 is 0 Å². The van der Waals surface area contributed by atoms with Gasteiger partial charge in [0.05, 0.1) is 26.7 Å². The monoisotopic (exact) mass is 410 g/mol. The van der Waals surface area contributed by atoms with Crippen LogP contribution < -0.4 is 9.47 Å². The van der Waals surface area contributed by atoms with Crippen LogP contribution in [-0.4, -0.2) is 37.7 Å². The molecule has 2 atom stereocenters. The van der Waals surface area contributed by atoms with Crippen molar-refractivity contribution in [3.8, 4) is 11.5 Å². The molecule has 2 unspecified atom stereocenters. The first-order valence-electron chi connectivity index (χ1n) is 9.55. The number of ether oxygens (including phenoxy) is 3. The van der Waals surface area contributed by atoms with Crippen LogP contribution in [0.4, 0.5) is 0 Å². The summed E-state index contributed by atoms with van der Waals surface area (Å²) in [6.45, 7) is 7.44. The van der Waals surface area contributed by atoms with Crippen molar-refractivity contribution in [2.24, 2.45) is 11.8 Å². The Kier molecular flexibility index (Phi) is 9.60. The number of esters is 1. The summed E-state index contributed by atoms with van der Waals surface area (Å²) in [5.41, 5.74) is 0.236. The molecule has 0 radical (unpaired) electrons. The van der Waals surface area contributed by atoms with Gasteiger partial charge in [0, 0.05) is 0 Å². The minimum atomic E-state index is -1.51. The summed E-state index contributed by atoms with van der Waals surface area (Å²) >= 11 is 0. The lowest BCUT2D eigenvalue weighted by Gasteiger charge is -2.32. The zero-order chi connectivity index (χ0) is 21.3. The largest absolute Gasteiger partial charge is 0.496 e. The fraction of sp³-hybridized carbons (Fsp3) is 0.619. The summed E-state index contributed by atoms with van der Waals surface area (Å²) in [6, 6.07) is 5.02. The van der Waals surface area contributed by atoms with Gasteiger partial charge in [0.1, 0.15) is 17.1 Å². The number of carbonyl (C=O) groups excluding carboxylic acids is 2. The summed E-state index contributed by atoms with van der Waals surface area (Å²) in [5.74, 6) is -1.46. The molecule has 1 aromatic carbocycles. The maximum absolute atomic E-state index is 13.5. The molecule has 0 aliphatic carbocycles. The van der Waals surface area contributed by atoms with E-state index in [0.717, 1.165) is 19.3 Å². The maximum atomic E-state index is 13.5. The summed E-state index contributed by atoms with van der Waals surface area (Å²) in [4.78, 5) is 26.3. The number of ketones is 1. The van der Waals surface area contributed by atoms with Gasteiger partial charge < -0.3 is 14.2 Å². The normalized spacial score (nSPS) is 14.4.